The molecule has 3 nitrogen and oxygen atoms in total. The van der Waals surface area contributed by atoms with Gasteiger partial charge in [0, 0.05) is 5.56 Å². The standard InChI is InChI=1S/C14H13F2NO2/c1-8(10-7-9(18)5-6-13(10)19)17-12-4-2-3-11(15)14(12)16/h2-8,17-19H,1H3. The van der Waals surface area contributed by atoms with E-state index < -0.39 is 17.7 Å². The van der Waals surface area contributed by atoms with Crippen molar-refractivity contribution >= 4 is 5.69 Å². The second kappa shape index (κ2) is 5.14. The lowest BCUT2D eigenvalue weighted by Crippen LogP contribution is -2.08. The number of benzene rings is 2. The molecule has 0 aliphatic carbocycles. The summed E-state index contributed by atoms with van der Waals surface area (Å²) in [5, 5.41) is 21.8. The molecule has 0 heterocycles. The summed E-state index contributed by atoms with van der Waals surface area (Å²) in [7, 11) is 0. The van der Waals surface area contributed by atoms with Crippen LogP contribution in [-0.4, -0.2) is 10.2 Å². The minimum absolute atomic E-state index is 0.00440. The predicted molar refractivity (Wildman–Crippen MR) is 68.2 cm³/mol. The Morgan fingerprint density at radius 3 is 2.58 bits per heavy atom. The van der Waals surface area contributed by atoms with Gasteiger partial charge in [-0.1, -0.05) is 6.07 Å². The molecule has 0 saturated carbocycles. The summed E-state index contributed by atoms with van der Waals surface area (Å²) in [5.74, 6) is -1.97. The van der Waals surface area contributed by atoms with Crippen molar-refractivity contribution in [1.82, 2.24) is 0 Å². The molecule has 5 heteroatoms. The summed E-state index contributed by atoms with van der Waals surface area (Å²) >= 11 is 0. The molecule has 0 aliphatic heterocycles. The molecule has 1 unspecified atom stereocenters. The number of phenols is 2. The summed E-state index contributed by atoms with van der Waals surface area (Å²) in [6.07, 6.45) is 0. The van der Waals surface area contributed by atoms with Crippen LogP contribution in [0.15, 0.2) is 36.4 Å². The molecule has 0 radical (unpaired) electrons. The van der Waals surface area contributed by atoms with Crippen molar-refractivity contribution in [3.05, 3.63) is 53.6 Å². The molecular formula is C14H13F2NO2. The molecule has 0 bridgehead atoms. The Labute approximate surface area is 109 Å². The summed E-state index contributed by atoms with van der Waals surface area (Å²) in [6, 6.07) is 7.36. The molecule has 0 aromatic heterocycles. The van der Waals surface area contributed by atoms with Gasteiger partial charge in [0.25, 0.3) is 0 Å². The number of anilines is 1. The maximum absolute atomic E-state index is 13.5. The second-order valence-corrected chi connectivity index (χ2v) is 4.21. The normalized spacial score (nSPS) is 12.2. The Morgan fingerprint density at radius 1 is 1.11 bits per heavy atom. The van der Waals surface area contributed by atoms with E-state index in [4.69, 9.17) is 0 Å². The topological polar surface area (TPSA) is 52.5 Å². The first kappa shape index (κ1) is 13.1. The largest absolute Gasteiger partial charge is 0.508 e. The van der Waals surface area contributed by atoms with Crippen molar-refractivity contribution < 1.29 is 19.0 Å². The van der Waals surface area contributed by atoms with E-state index in [0.29, 0.717) is 5.56 Å². The molecule has 100 valence electrons. The molecule has 19 heavy (non-hydrogen) atoms. The maximum Gasteiger partial charge on any atom is 0.181 e. The van der Waals surface area contributed by atoms with Crippen molar-refractivity contribution in [2.24, 2.45) is 0 Å². The van der Waals surface area contributed by atoms with Crippen molar-refractivity contribution in [3.8, 4) is 11.5 Å². The van der Waals surface area contributed by atoms with Crippen LogP contribution in [0.25, 0.3) is 0 Å². The third-order valence-electron chi connectivity index (χ3n) is 2.80. The molecule has 0 amide bonds. The van der Waals surface area contributed by atoms with Crippen LogP contribution in [0.1, 0.15) is 18.5 Å². The quantitative estimate of drug-likeness (QED) is 0.744. The van der Waals surface area contributed by atoms with E-state index in [1.165, 1.54) is 30.3 Å². The van der Waals surface area contributed by atoms with Crippen LogP contribution in [-0.2, 0) is 0 Å². The first-order valence-electron chi connectivity index (χ1n) is 5.71. The summed E-state index contributed by atoms with van der Waals surface area (Å²) < 4.78 is 26.6. The van der Waals surface area contributed by atoms with Crippen LogP contribution in [0.2, 0.25) is 0 Å². The molecule has 2 aromatic rings. The first-order valence-corrected chi connectivity index (χ1v) is 5.71. The van der Waals surface area contributed by atoms with Crippen molar-refractivity contribution in [3.63, 3.8) is 0 Å². The number of phenolic OH excluding ortho intramolecular Hbond substituents is 2. The van der Waals surface area contributed by atoms with E-state index in [1.54, 1.807) is 6.92 Å². The van der Waals surface area contributed by atoms with Gasteiger partial charge in [0.05, 0.1) is 11.7 Å². The molecule has 2 aromatic carbocycles. The van der Waals surface area contributed by atoms with E-state index in [1.807, 2.05) is 0 Å². The van der Waals surface area contributed by atoms with Gasteiger partial charge in [-0.15, -0.1) is 0 Å². The highest BCUT2D eigenvalue weighted by Gasteiger charge is 2.14. The van der Waals surface area contributed by atoms with E-state index in [-0.39, 0.29) is 17.2 Å². The highest BCUT2D eigenvalue weighted by Crippen LogP contribution is 2.30. The molecule has 0 spiro atoms. The number of hydrogen-bond donors (Lipinski definition) is 3. The third kappa shape index (κ3) is 2.76. The summed E-state index contributed by atoms with van der Waals surface area (Å²) in [4.78, 5) is 0. The highest BCUT2D eigenvalue weighted by atomic mass is 19.2. The number of nitrogens with one attached hydrogen (secondary N) is 1. The first-order chi connectivity index (χ1) is 8.99. The fraction of sp³-hybridized carbons (Fsp3) is 0.143. The maximum atomic E-state index is 13.5. The van der Waals surface area contributed by atoms with Crippen molar-refractivity contribution in [2.75, 3.05) is 5.32 Å². The molecule has 1 atom stereocenters. The average Bonchev–Trinajstić information content (AvgIpc) is 2.38. The third-order valence-corrected chi connectivity index (χ3v) is 2.80. The number of halogens is 2. The van der Waals surface area contributed by atoms with Gasteiger partial charge in [-0.25, -0.2) is 8.78 Å². The SMILES string of the molecule is CC(Nc1cccc(F)c1F)c1cc(O)ccc1O. The Morgan fingerprint density at radius 2 is 1.84 bits per heavy atom. The Bertz CT molecular complexity index is 602. The lowest BCUT2D eigenvalue weighted by molar-refractivity contribution is 0.451. The monoisotopic (exact) mass is 265 g/mol. The van der Waals surface area contributed by atoms with E-state index in [0.717, 1.165) is 6.07 Å². The predicted octanol–water partition coefficient (Wildman–Crippen LogP) is 3.55. The van der Waals surface area contributed by atoms with Crippen molar-refractivity contribution in [1.29, 1.82) is 0 Å². The number of hydrogen-bond acceptors (Lipinski definition) is 3. The van der Waals surface area contributed by atoms with Crippen LogP contribution < -0.4 is 5.32 Å². The zero-order valence-electron chi connectivity index (χ0n) is 10.2. The Hall–Kier alpha value is -2.30. The van der Waals surface area contributed by atoms with Crippen LogP contribution in [0.4, 0.5) is 14.5 Å². The molecule has 0 saturated heterocycles. The molecule has 2 rings (SSSR count). The molecule has 0 aliphatic rings. The average molecular weight is 265 g/mol. The van der Waals surface area contributed by atoms with Gasteiger partial charge in [-0.3, -0.25) is 0 Å². The van der Waals surface area contributed by atoms with Gasteiger partial charge in [-0.2, -0.15) is 0 Å². The van der Waals surface area contributed by atoms with Crippen LogP contribution >= 0.6 is 0 Å². The molecule has 3 N–H and O–H groups in total. The second-order valence-electron chi connectivity index (χ2n) is 4.21. The summed E-state index contributed by atoms with van der Waals surface area (Å²) in [5.41, 5.74) is 0.388. The fourth-order valence-corrected chi connectivity index (χ4v) is 1.82. The van der Waals surface area contributed by atoms with Gasteiger partial charge < -0.3 is 15.5 Å². The van der Waals surface area contributed by atoms with E-state index in [2.05, 4.69) is 5.32 Å². The number of rotatable bonds is 3. The molecule has 0 fully saturated rings. The lowest BCUT2D eigenvalue weighted by Gasteiger charge is -2.17. The van der Waals surface area contributed by atoms with Crippen LogP contribution in [0, 0.1) is 11.6 Å². The fourth-order valence-electron chi connectivity index (χ4n) is 1.82. The highest BCUT2D eigenvalue weighted by molar-refractivity contribution is 5.50. The zero-order chi connectivity index (χ0) is 14.0. The smallest absolute Gasteiger partial charge is 0.181 e. The zero-order valence-corrected chi connectivity index (χ0v) is 10.2. The van der Waals surface area contributed by atoms with Crippen molar-refractivity contribution in [2.45, 2.75) is 13.0 Å². The van der Waals surface area contributed by atoms with E-state index >= 15 is 0 Å². The van der Waals surface area contributed by atoms with Gasteiger partial charge in [0.15, 0.2) is 11.6 Å². The van der Waals surface area contributed by atoms with Crippen LogP contribution in [0.3, 0.4) is 0 Å². The minimum atomic E-state index is -0.978. The van der Waals surface area contributed by atoms with Crippen LogP contribution in [0.5, 0.6) is 11.5 Å². The van der Waals surface area contributed by atoms with Gasteiger partial charge in [0.1, 0.15) is 11.5 Å². The minimum Gasteiger partial charge on any atom is -0.508 e. The van der Waals surface area contributed by atoms with E-state index in [9.17, 15) is 19.0 Å². The van der Waals surface area contributed by atoms with Gasteiger partial charge in [-0.05, 0) is 37.3 Å². The number of aromatic hydroxyl groups is 2. The Balaban J connectivity index is 2.28. The molecular weight excluding hydrogens is 252 g/mol. The summed E-state index contributed by atoms with van der Waals surface area (Å²) in [6.45, 7) is 1.67. The van der Waals surface area contributed by atoms with Gasteiger partial charge >= 0.3 is 0 Å². The Kier molecular flexibility index (Phi) is 3.55. The lowest BCUT2D eigenvalue weighted by atomic mass is 10.1. The van der Waals surface area contributed by atoms with Gasteiger partial charge in [0.2, 0.25) is 0 Å².